The largest absolute Gasteiger partial charge is 0.497 e. The van der Waals surface area contributed by atoms with Gasteiger partial charge in [-0.2, -0.15) is 0 Å². The SMILES string of the molecule is COc1ccc(OC2CCN(C(=O)C3CC3)CC2)c(C(=O)NCCc2ncccc2C)c1. The van der Waals surface area contributed by atoms with E-state index in [1.165, 1.54) is 0 Å². The lowest BCUT2D eigenvalue weighted by molar-refractivity contribution is -0.134. The summed E-state index contributed by atoms with van der Waals surface area (Å²) in [7, 11) is 1.58. The van der Waals surface area contributed by atoms with Crippen molar-refractivity contribution in [3.63, 3.8) is 0 Å². The standard InChI is InChI=1S/C25H31N3O4/c1-17-4-3-12-26-22(17)9-13-27-24(29)21-16-20(31-2)7-8-23(21)32-19-10-14-28(15-11-19)25(30)18-5-6-18/h3-4,7-8,12,16,18-19H,5-6,9-11,13-15H2,1-2H3,(H,27,29). The molecule has 2 fully saturated rings. The van der Waals surface area contributed by atoms with Gasteiger partial charge in [0.15, 0.2) is 0 Å². The Morgan fingerprint density at radius 2 is 1.94 bits per heavy atom. The average Bonchev–Trinajstić information content (AvgIpc) is 3.66. The number of hydrogen-bond acceptors (Lipinski definition) is 5. The van der Waals surface area contributed by atoms with Gasteiger partial charge in [-0.3, -0.25) is 14.6 Å². The highest BCUT2D eigenvalue weighted by Gasteiger charge is 2.35. The molecule has 0 bridgehead atoms. The number of nitrogens with one attached hydrogen (secondary N) is 1. The Labute approximate surface area is 189 Å². The number of benzene rings is 1. The van der Waals surface area contributed by atoms with E-state index in [1.807, 2.05) is 24.0 Å². The lowest BCUT2D eigenvalue weighted by Gasteiger charge is -2.32. The van der Waals surface area contributed by atoms with Crippen molar-refractivity contribution in [2.24, 2.45) is 5.92 Å². The molecule has 2 amide bonds. The second-order valence-corrected chi connectivity index (χ2v) is 8.55. The highest BCUT2D eigenvalue weighted by atomic mass is 16.5. The number of methoxy groups -OCH3 is 1. The van der Waals surface area contributed by atoms with Gasteiger partial charge in [0.2, 0.25) is 5.91 Å². The number of nitrogens with zero attached hydrogens (tertiary/aromatic N) is 2. The summed E-state index contributed by atoms with van der Waals surface area (Å²) in [5.74, 6) is 1.49. The summed E-state index contributed by atoms with van der Waals surface area (Å²) in [5.41, 5.74) is 2.54. The van der Waals surface area contributed by atoms with Gasteiger partial charge in [-0.05, 0) is 49.6 Å². The highest BCUT2D eigenvalue weighted by molar-refractivity contribution is 5.97. The number of aromatic nitrogens is 1. The first kappa shape index (κ1) is 22.1. The highest BCUT2D eigenvalue weighted by Crippen LogP contribution is 2.33. The monoisotopic (exact) mass is 437 g/mol. The summed E-state index contributed by atoms with van der Waals surface area (Å²) in [6, 6.07) is 9.22. The number of likely N-dealkylation sites (tertiary alicyclic amines) is 1. The molecule has 1 saturated carbocycles. The van der Waals surface area contributed by atoms with Gasteiger partial charge in [0, 0.05) is 56.7 Å². The van der Waals surface area contributed by atoms with Crippen LogP contribution in [-0.4, -0.2) is 54.5 Å². The Hall–Kier alpha value is -3.09. The van der Waals surface area contributed by atoms with E-state index in [0.717, 1.165) is 36.9 Å². The van der Waals surface area contributed by atoms with E-state index < -0.39 is 0 Å². The second-order valence-electron chi connectivity index (χ2n) is 8.55. The molecule has 170 valence electrons. The summed E-state index contributed by atoms with van der Waals surface area (Å²) in [6.45, 7) is 3.92. The third-order valence-electron chi connectivity index (χ3n) is 6.17. The molecular formula is C25H31N3O4. The van der Waals surface area contributed by atoms with Gasteiger partial charge in [0.1, 0.15) is 17.6 Å². The van der Waals surface area contributed by atoms with Crippen molar-refractivity contribution in [1.82, 2.24) is 15.2 Å². The molecule has 1 aromatic heterocycles. The topological polar surface area (TPSA) is 80.8 Å². The Kier molecular flexibility index (Phi) is 6.93. The Bertz CT molecular complexity index is 965. The molecule has 1 N–H and O–H groups in total. The minimum atomic E-state index is -0.200. The van der Waals surface area contributed by atoms with E-state index in [0.29, 0.717) is 43.1 Å². The lowest BCUT2D eigenvalue weighted by Crippen LogP contribution is -2.42. The zero-order valence-electron chi connectivity index (χ0n) is 18.8. The van der Waals surface area contributed by atoms with Crippen LogP contribution in [-0.2, 0) is 11.2 Å². The molecule has 1 aromatic carbocycles. The predicted molar refractivity (Wildman–Crippen MR) is 121 cm³/mol. The van der Waals surface area contributed by atoms with Crippen LogP contribution >= 0.6 is 0 Å². The van der Waals surface area contributed by atoms with Crippen molar-refractivity contribution in [3.8, 4) is 11.5 Å². The van der Waals surface area contributed by atoms with E-state index >= 15 is 0 Å². The fourth-order valence-corrected chi connectivity index (χ4v) is 4.05. The number of aryl methyl sites for hydroxylation is 1. The molecule has 2 aliphatic rings. The van der Waals surface area contributed by atoms with Crippen molar-refractivity contribution in [2.75, 3.05) is 26.7 Å². The fourth-order valence-electron chi connectivity index (χ4n) is 4.05. The van der Waals surface area contributed by atoms with E-state index in [2.05, 4.69) is 10.3 Å². The zero-order valence-corrected chi connectivity index (χ0v) is 18.8. The minimum absolute atomic E-state index is 0.0191. The van der Waals surface area contributed by atoms with Gasteiger partial charge in [0.05, 0.1) is 12.7 Å². The maximum absolute atomic E-state index is 13.0. The molecule has 0 spiro atoms. The number of ether oxygens (including phenoxy) is 2. The van der Waals surface area contributed by atoms with Crippen LogP contribution in [0.2, 0.25) is 0 Å². The van der Waals surface area contributed by atoms with Crippen LogP contribution < -0.4 is 14.8 Å². The Morgan fingerprint density at radius 1 is 1.16 bits per heavy atom. The van der Waals surface area contributed by atoms with Gasteiger partial charge in [-0.1, -0.05) is 6.07 Å². The van der Waals surface area contributed by atoms with E-state index in [9.17, 15) is 9.59 Å². The zero-order chi connectivity index (χ0) is 22.5. The number of amides is 2. The lowest BCUT2D eigenvalue weighted by atomic mass is 10.1. The Balaban J connectivity index is 1.36. The maximum atomic E-state index is 13.0. The van der Waals surface area contributed by atoms with Gasteiger partial charge in [-0.15, -0.1) is 0 Å². The van der Waals surface area contributed by atoms with Crippen LogP contribution in [0.1, 0.15) is 47.3 Å². The summed E-state index contributed by atoms with van der Waals surface area (Å²) in [4.78, 5) is 31.6. The molecule has 0 atom stereocenters. The van der Waals surface area contributed by atoms with Crippen molar-refractivity contribution in [3.05, 3.63) is 53.3 Å². The molecular weight excluding hydrogens is 406 g/mol. The number of pyridine rings is 1. The van der Waals surface area contributed by atoms with Gasteiger partial charge in [0.25, 0.3) is 5.91 Å². The first-order valence-electron chi connectivity index (χ1n) is 11.4. The molecule has 7 heteroatoms. The van der Waals surface area contributed by atoms with E-state index in [4.69, 9.17) is 9.47 Å². The van der Waals surface area contributed by atoms with Crippen molar-refractivity contribution < 1.29 is 19.1 Å². The summed E-state index contributed by atoms with van der Waals surface area (Å²) >= 11 is 0. The number of hydrogen-bond donors (Lipinski definition) is 1. The van der Waals surface area contributed by atoms with Crippen molar-refractivity contribution >= 4 is 11.8 Å². The van der Waals surface area contributed by atoms with Crippen molar-refractivity contribution in [2.45, 2.75) is 45.1 Å². The number of carbonyl (C=O) groups is 2. The van der Waals surface area contributed by atoms with Crippen LogP contribution in [0.5, 0.6) is 11.5 Å². The average molecular weight is 438 g/mol. The molecule has 32 heavy (non-hydrogen) atoms. The van der Waals surface area contributed by atoms with Gasteiger partial charge < -0.3 is 19.7 Å². The minimum Gasteiger partial charge on any atom is -0.497 e. The quantitative estimate of drug-likeness (QED) is 0.686. The van der Waals surface area contributed by atoms with Crippen LogP contribution in [0.25, 0.3) is 0 Å². The van der Waals surface area contributed by atoms with Crippen LogP contribution in [0.15, 0.2) is 36.5 Å². The fraction of sp³-hybridized carbons (Fsp3) is 0.480. The van der Waals surface area contributed by atoms with Gasteiger partial charge >= 0.3 is 0 Å². The number of piperidine rings is 1. The molecule has 2 heterocycles. The molecule has 0 radical (unpaired) electrons. The summed E-state index contributed by atoms with van der Waals surface area (Å²) in [6.07, 6.45) is 6.00. The molecule has 1 aliphatic carbocycles. The van der Waals surface area contributed by atoms with Crippen LogP contribution in [0.4, 0.5) is 0 Å². The smallest absolute Gasteiger partial charge is 0.255 e. The molecule has 0 unspecified atom stereocenters. The van der Waals surface area contributed by atoms with Gasteiger partial charge in [-0.25, -0.2) is 0 Å². The summed E-state index contributed by atoms with van der Waals surface area (Å²) in [5, 5.41) is 2.98. The van der Waals surface area contributed by atoms with E-state index in [-0.39, 0.29) is 23.8 Å². The molecule has 1 aliphatic heterocycles. The first-order valence-corrected chi connectivity index (χ1v) is 11.4. The third kappa shape index (κ3) is 5.39. The summed E-state index contributed by atoms with van der Waals surface area (Å²) < 4.78 is 11.5. The van der Waals surface area contributed by atoms with Crippen LogP contribution in [0, 0.1) is 12.8 Å². The second kappa shape index (κ2) is 10.0. The molecule has 7 nitrogen and oxygen atoms in total. The predicted octanol–water partition coefficient (Wildman–Crippen LogP) is 3.15. The number of rotatable bonds is 8. The van der Waals surface area contributed by atoms with E-state index in [1.54, 1.807) is 31.5 Å². The first-order chi connectivity index (χ1) is 15.5. The Morgan fingerprint density at radius 3 is 2.62 bits per heavy atom. The number of carbonyl (C=O) groups excluding carboxylic acids is 2. The maximum Gasteiger partial charge on any atom is 0.255 e. The van der Waals surface area contributed by atoms with Crippen LogP contribution in [0.3, 0.4) is 0 Å². The molecule has 4 rings (SSSR count). The third-order valence-corrected chi connectivity index (χ3v) is 6.17. The molecule has 1 saturated heterocycles. The molecule has 2 aromatic rings. The normalized spacial score (nSPS) is 16.5. The van der Waals surface area contributed by atoms with Crippen molar-refractivity contribution in [1.29, 1.82) is 0 Å².